The molecule has 14 heavy (non-hydrogen) atoms. The van der Waals surface area contributed by atoms with Crippen LogP contribution in [0.4, 0.5) is 0 Å². The lowest BCUT2D eigenvalue weighted by atomic mass is 10.0. The van der Waals surface area contributed by atoms with Gasteiger partial charge in [-0.25, -0.2) is 14.8 Å². The van der Waals surface area contributed by atoms with Gasteiger partial charge >= 0.3 is 5.97 Å². The van der Waals surface area contributed by atoms with Gasteiger partial charge in [-0.3, -0.25) is 0 Å². The molecule has 0 aromatic carbocycles. The van der Waals surface area contributed by atoms with E-state index >= 15 is 0 Å². The molecule has 1 N–H and O–H groups in total. The first-order valence-corrected chi connectivity index (χ1v) is 4.63. The Labute approximate surface area is 83.0 Å². The van der Waals surface area contributed by atoms with E-state index in [1.54, 1.807) is 13.0 Å². The Bertz CT molecular complexity index is 350. The molecule has 0 aliphatic heterocycles. The molecule has 0 radical (unpaired) electrons. The fraction of sp³-hybridized carbons (Fsp3) is 0.500. The van der Waals surface area contributed by atoms with Crippen molar-refractivity contribution in [3.8, 4) is 0 Å². The van der Waals surface area contributed by atoms with Crippen molar-refractivity contribution in [2.75, 3.05) is 0 Å². The number of carboxylic acid groups (broad SMARTS) is 1. The molecule has 4 heteroatoms. The predicted octanol–water partition coefficient (Wildman–Crippen LogP) is 2.00. The van der Waals surface area contributed by atoms with Crippen LogP contribution in [0.25, 0.3) is 0 Å². The molecule has 1 aromatic heterocycles. The van der Waals surface area contributed by atoms with E-state index < -0.39 is 5.97 Å². The Morgan fingerprint density at radius 3 is 2.71 bits per heavy atom. The van der Waals surface area contributed by atoms with Crippen molar-refractivity contribution >= 4 is 5.97 Å². The lowest BCUT2D eigenvalue weighted by molar-refractivity contribution is 0.0689. The fourth-order valence-electron chi connectivity index (χ4n) is 1.16. The minimum atomic E-state index is -1.000. The predicted molar refractivity (Wildman–Crippen MR) is 52.4 cm³/mol. The lowest BCUT2D eigenvalue weighted by Crippen LogP contribution is -2.07. The fourth-order valence-corrected chi connectivity index (χ4v) is 1.16. The lowest BCUT2D eigenvalue weighted by Gasteiger charge is -2.08. The molecule has 0 fully saturated rings. The van der Waals surface area contributed by atoms with Crippen molar-refractivity contribution in [2.24, 2.45) is 0 Å². The molecular formula is C10H14N2O2. The summed E-state index contributed by atoms with van der Waals surface area (Å²) in [6.45, 7) is 5.77. The van der Waals surface area contributed by atoms with E-state index in [2.05, 4.69) is 9.97 Å². The molecule has 0 amide bonds. The maximum Gasteiger partial charge on any atom is 0.354 e. The van der Waals surface area contributed by atoms with E-state index in [0.29, 0.717) is 5.82 Å². The second-order valence-electron chi connectivity index (χ2n) is 3.34. The van der Waals surface area contributed by atoms with Gasteiger partial charge in [-0.15, -0.1) is 0 Å². The number of carbonyl (C=O) groups is 1. The molecule has 0 aliphatic carbocycles. The molecule has 1 rings (SSSR count). The number of carboxylic acids is 1. The molecule has 1 atom stereocenters. The highest BCUT2D eigenvalue weighted by Gasteiger charge is 2.11. The molecule has 1 heterocycles. The van der Waals surface area contributed by atoms with Crippen molar-refractivity contribution in [1.82, 2.24) is 9.97 Å². The van der Waals surface area contributed by atoms with E-state index in [9.17, 15) is 4.79 Å². The van der Waals surface area contributed by atoms with E-state index in [-0.39, 0.29) is 11.6 Å². The Balaban J connectivity index is 3.13. The molecule has 4 nitrogen and oxygen atoms in total. The summed E-state index contributed by atoms with van der Waals surface area (Å²) >= 11 is 0. The molecular weight excluding hydrogens is 180 g/mol. The number of hydrogen-bond donors (Lipinski definition) is 1. The Hall–Kier alpha value is -1.45. The van der Waals surface area contributed by atoms with Gasteiger partial charge < -0.3 is 5.11 Å². The summed E-state index contributed by atoms with van der Waals surface area (Å²) in [5, 5.41) is 8.80. The summed E-state index contributed by atoms with van der Waals surface area (Å²) in [6, 6.07) is 1.55. The molecule has 0 saturated carbocycles. The van der Waals surface area contributed by atoms with Crippen LogP contribution < -0.4 is 0 Å². The Morgan fingerprint density at radius 1 is 1.57 bits per heavy atom. The quantitative estimate of drug-likeness (QED) is 0.799. The van der Waals surface area contributed by atoms with Crippen LogP contribution in [0.2, 0.25) is 0 Å². The van der Waals surface area contributed by atoms with Crippen LogP contribution in [0.5, 0.6) is 0 Å². The van der Waals surface area contributed by atoms with E-state index in [1.165, 1.54) is 0 Å². The summed E-state index contributed by atoms with van der Waals surface area (Å²) in [5.74, 6) is -0.213. The number of nitrogens with zero attached hydrogens (tertiary/aromatic N) is 2. The van der Waals surface area contributed by atoms with Gasteiger partial charge in [-0.1, -0.05) is 13.8 Å². The Morgan fingerprint density at radius 2 is 2.21 bits per heavy atom. The maximum absolute atomic E-state index is 10.7. The van der Waals surface area contributed by atoms with Gasteiger partial charge in [-0.05, 0) is 25.3 Å². The average Bonchev–Trinajstić information content (AvgIpc) is 2.15. The average molecular weight is 194 g/mol. The number of rotatable bonds is 3. The van der Waals surface area contributed by atoms with Gasteiger partial charge in [0.25, 0.3) is 0 Å². The third kappa shape index (κ3) is 2.28. The Kier molecular flexibility index (Phi) is 3.17. The number of aryl methyl sites for hydroxylation is 1. The van der Waals surface area contributed by atoms with Crippen molar-refractivity contribution in [1.29, 1.82) is 0 Å². The van der Waals surface area contributed by atoms with Crippen molar-refractivity contribution < 1.29 is 9.90 Å². The van der Waals surface area contributed by atoms with Gasteiger partial charge in [0.2, 0.25) is 0 Å². The van der Waals surface area contributed by atoms with E-state index in [4.69, 9.17) is 5.11 Å². The van der Waals surface area contributed by atoms with Crippen molar-refractivity contribution in [2.45, 2.75) is 33.1 Å². The van der Waals surface area contributed by atoms with Gasteiger partial charge in [-0.2, -0.15) is 0 Å². The van der Waals surface area contributed by atoms with E-state index in [0.717, 1.165) is 12.1 Å². The van der Waals surface area contributed by atoms with Crippen LogP contribution >= 0.6 is 0 Å². The zero-order chi connectivity index (χ0) is 10.7. The standard InChI is InChI=1S/C10H14N2O2/c1-4-6(2)8-5-9(10(13)14)12-7(3)11-8/h5-6H,4H2,1-3H3,(H,13,14)/t6-/m1/s1. The second kappa shape index (κ2) is 4.17. The summed E-state index contributed by atoms with van der Waals surface area (Å²) in [7, 11) is 0. The maximum atomic E-state index is 10.7. The first-order chi connectivity index (χ1) is 6.54. The van der Waals surface area contributed by atoms with Crippen LogP contribution in [0.15, 0.2) is 6.07 Å². The molecule has 0 spiro atoms. The molecule has 0 saturated heterocycles. The summed E-state index contributed by atoms with van der Waals surface area (Å²) in [5.41, 5.74) is 0.880. The molecule has 1 aromatic rings. The highest BCUT2D eigenvalue weighted by Crippen LogP contribution is 2.16. The molecule has 0 aliphatic rings. The number of hydrogen-bond acceptors (Lipinski definition) is 3. The van der Waals surface area contributed by atoms with Crippen molar-refractivity contribution in [3.63, 3.8) is 0 Å². The first-order valence-electron chi connectivity index (χ1n) is 4.63. The highest BCUT2D eigenvalue weighted by atomic mass is 16.4. The summed E-state index contributed by atoms with van der Waals surface area (Å²) in [4.78, 5) is 18.8. The topological polar surface area (TPSA) is 63.1 Å². The highest BCUT2D eigenvalue weighted by molar-refractivity contribution is 5.85. The smallest absolute Gasteiger partial charge is 0.354 e. The van der Waals surface area contributed by atoms with Crippen LogP contribution in [-0.2, 0) is 0 Å². The van der Waals surface area contributed by atoms with Gasteiger partial charge in [0, 0.05) is 5.69 Å². The van der Waals surface area contributed by atoms with Gasteiger partial charge in [0.15, 0.2) is 5.69 Å². The monoisotopic (exact) mass is 194 g/mol. The number of aromatic carboxylic acids is 1. The normalized spacial score (nSPS) is 12.5. The molecule has 0 bridgehead atoms. The zero-order valence-electron chi connectivity index (χ0n) is 8.61. The van der Waals surface area contributed by atoms with E-state index in [1.807, 2.05) is 13.8 Å². The summed E-state index contributed by atoms with van der Waals surface area (Å²) in [6.07, 6.45) is 0.940. The summed E-state index contributed by atoms with van der Waals surface area (Å²) < 4.78 is 0. The van der Waals surface area contributed by atoms with Crippen LogP contribution in [0.3, 0.4) is 0 Å². The van der Waals surface area contributed by atoms with Crippen LogP contribution in [0.1, 0.15) is 48.2 Å². The van der Waals surface area contributed by atoms with Crippen molar-refractivity contribution in [3.05, 3.63) is 23.3 Å². The molecule has 0 unspecified atom stereocenters. The minimum absolute atomic E-state index is 0.0767. The van der Waals surface area contributed by atoms with Crippen LogP contribution in [-0.4, -0.2) is 21.0 Å². The third-order valence-corrected chi connectivity index (χ3v) is 2.19. The van der Waals surface area contributed by atoms with Gasteiger partial charge in [0.1, 0.15) is 5.82 Å². The SMILES string of the molecule is CC[C@@H](C)c1cc(C(=O)O)nc(C)n1. The third-order valence-electron chi connectivity index (χ3n) is 2.19. The van der Waals surface area contributed by atoms with Crippen LogP contribution in [0, 0.1) is 6.92 Å². The first kappa shape index (κ1) is 10.6. The van der Waals surface area contributed by atoms with Gasteiger partial charge in [0.05, 0.1) is 0 Å². The zero-order valence-corrected chi connectivity index (χ0v) is 8.61. The number of aromatic nitrogens is 2. The largest absolute Gasteiger partial charge is 0.477 e. The second-order valence-corrected chi connectivity index (χ2v) is 3.34. The molecule has 76 valence electrons. The minimum Gasteiger partial charge on any atom is -0.477 e.